The molecule has 0 saturated carbocycles. The molecule has 2 aromatic rings. The minimum atomic E-state index is -0.129. The lowest BCUT2D eigenvalue weighted by molar-refractivity contribution is 0.475. The predicted octanol–water partition coefficient (Wildman–Crippen LogP) is 1.00. The second kappa shape index (κ2) is 4.20. The van der Waals surface area contributed by atoms with E-state index in [1.54, 1.807) is 30.5 Å². The summed E-state index contributed by atoms with van der Waals surface area (Å²) in [6.07, 6.45) is 1.67. The van der Waals surface area contributed by atoms with E-state index in [-0.39, 0.29) is 17.9 Å². The summed E-state index contributed by atoms with van der Waals surface area (Å²) in [5.74, 6) is 0.173. The summed E-state index contributed by atoms with van der Waals surface area (Å²) in [6.45, 7) is 0.220. The molecule has 3 N–H and O–H groups in total. The van der Waals surface area contributed by atoms with Gasteiger partial charge in [-0.25, -0.2) is 0 Å². The number of aromatic hydroxyl groups is 1. The number of nitrogens with zero attached hydrogens (tertiary/aromatic N) is 1. The molecule has 0 atom stereocenters. The largest absolute Gasteiger partial charge is 0.508 e. The summed E-state index contributed by atoms with van der Waals surface area (Å²) < 4.78 is 1.50. The van der Waals surface area contributed by atoms with Crippen LogP contribution in [-0.4, -0.2) is 9.67 Å². The summed E-state index contributed by atoms with van der Waals surface area (Å²) >= 11 is 0. The van der Waals surface area contributed by atoms with Gasteiger partial charge in [-0.05, 0) is 30.3 Å². The molecule has 1 heterocycles. The average Bonchev–Trinajstić information content (AvgIpc) is 2.31. The third-order valence-electron chi connectivity index (χ3n) is 2.37. The molecule has 0 saturated heterocycles. The zero-order valence-corrected chi connectivity index (χ0v) is 8.63. The van der Waals surface area contributed by atoms with Gasteiger partial charge >= 0.3 is 0 Å². The SMILES string of the molecule is NCc1cccn(-c2ccc(O)cc2)c1=O. The van der Waals surface area contributed by atoms with Crippen LogP contribution in [0.5, 0.6) is 5.75 Å². The molecule has 0 aliphatic heterocycles. The van der Waals surface area contributed by atoms with Gasteiger partial charge in [0.1, 0.15) is 5.75 Å². The third kappa shape index (κ3) is 1.83. The van der Waals surface area contributed by atoms with Gasteiger partial charge in [0.15, 0.2) is 0 Å². The predicted molar refractivity (Wildman–Crippen MR) is 61.6 cm³/mol. The molecule has 0 unspecified atom stereocenters. The smallest absolute Gasteiger partial charge is 0.259 e. The minimum Gasteiger partial charge on any atom is -0.508 e. The zero-order valence-electron chi connectivity index (χ0n) is 8.63. The van der Waals surface area contributed by atoms with Crippen LogP contribution in [0, 0.1) is 0 Å². The van der Waals surface area contributed by atoms with Crippen molar-refractivity contribution in [2.45, 2.75) is 6.54 Å². The maximum absolute atomic E-state index is 11.9. The van der Waals surface area contributed by atoms with Crippen LogP contribution in [0.4, 0.5) is 0 Å². The lowest BCUT2D eigenvalue weighted by atomic mass is 10.2. The number of rotatable bonds is 2. The molecule has 0 radical (unpaired) electrons. The number of benzene rings is 1. The van der Waals surface area contributed by atoms with E-state index in [4.69, 9.17) is 10.8 Å². The second-order valence-electron chi connectivity index (χ2n) is 3.43. The van der Waals surface area contributed by atoms with Gasteiger partial charge in [0.2, 0.25) is 0 Å². The summed E-state index contributed by atoms with van der Waals surface area (Å²) in [5.41, 5.74) is 6.61. The number of phenols is 1. The van der Waals surface area contributed by atoms with Crippen LogP contribution in [0.2, 0.25) is 0 Å². The Kier molecular flexibility index (Phi) is 2.74. The van der Waals surface area contributed by atoms with Gasteiger partial charge in [0.25, 0.3) is 5.56 Å². The van der Waals surface area contributed by atoms with E-state index in [1.807, 2.05) is 0 Å². The van der Waals surface area contributed by atoms with Crippen molar-refractivity contribution in [3.05, 3.63) is 58.5 Å². The summed E-state index contributed by atoms with van der Waals surface area (Å²) in [4.78, 5) is 11.9. The molecule has 4 nitrogen and oxygen atoms in total. The van der Waals surface area contributed by atoms with Crippen LogP contribution >= 0.6 is 0 Å². The molecular formula is C12H12N2O2. The van der Waals surface area contributed by atoms with E-state index in [0.717, 1.165) is 0 Å². The summed E-state index contributed by atoms with van der Waals surface area (Å²) in [5, 5.41) is 9.17. The number of nitrogens with two attached hydrogens (primary N) is 1. The standard InChI is InChI=1S/C12H12N2O2/c13-8-9-2-1-7-14(12(9)16)10-3-5-11(15)6-4-10/h1-7,15H,8,13H2. The number of hydrogen-bond acceptors (Lipinski definition) is 3. The summed E-state index contributed by atoms with van der Waals surface area (Å²) in [7, 11) is 0. The Balaban J connectivity index is 2.56. The topological polar surface area (TPSA) is 68.2 Å². The average molecular weight is 216 g/mol. The Morgan fingerprint density at radius 2 is 1.88 bits per heavy atom. The Bertz CT molecular complexity index is 544. The first-order valence-corrected chi connectivity index (χ1v) is 4.92. The molecule has 2 rings (SSSR count). The molecule has 0 aliphatic rings. The maximum Gasteiger partial charge on any atom is 0.259 e. The van der Waals surface area contributed by atoms with E-state index in [2.05, 4.69) is 0 Å². The molecule has 4 heteroatoms. The molecule has 1 aromatic carbocycles. The zero-order chi connectivity index (χ0) is 11.5. The van der Waals surface area contributed by atoms with Gasteiger partial charge in [-0.3, -0.25) is 9.36 Å². The van der Waals surface area contributed by atoms with E-state index in [1.165, 1.54) is 16.7 Å². The van der Waals surface area contributed by atoms with Gasteiger partial charge in [0.05, 0.1) is 0 Å². The van der Waals surface area contributed by atoms with Crippen molar-refractivity contribution < 1.29 is 5.11 Å². The Morgan fingerprint density at radius 3 is 2.50 bits per heavy atom. The van der Waals surface area contributed by atoms with Crippen LogP contribution in [0.1, 0.15) is 5.56 Å². The van der Waals surface area contributed by atoms with Gasteiger partial charge in [-0.1, -0.05) is 6.07 Å². The monoisotopic (exact) mass is 216 g/mol. The molecule has 0 amide bonds. The van der Waals surface area contributed by atoms with Crippen LogP contribution in [0.3, 0.4) is 0 Å². The highest BCUT2D eigenvalue weighted by Crippen LogP contribution is 2.12. The van der Waals surface area contributed by atoms with Crippen molar-refractivity contribution in [2.24, 2.45) is 5.73 Å². The highest BCUT2D eigenvalue weighted by Gasteiger charge is 2.02. The van der Waals surface area contributed by atoms with Crippen molar-refractivity contribution in [3.8, 4) is 11.4 Å². The van der Waals surface area contributed by atoms with Crippen molar-refractivity contribution in [1.29, 1.82) is 0 Å². The fraction of sp³-hybridized carbons (Fsp3) is 0.0833. The van der Waals surface area contributed by atoms with E-state index in [0.29, 0.717) is 11.3 Å². The first-order chi connectivity index (χ1) is 7.72. The fourth-order valence-corrected chi connectivity index (χ4v) is 1.51. The number of pyridine rings is 1. The van der Waals surface area contributed by atoms with E-state index < -0.39 is 0 Å². The Hall–Kier alpha value is -2.07. The van der Waals surface area contributed by atoms with Gasteiger partial charge in [0, 0.05) is 24.0 Å². The van der Waals surface area contributed by atoms with Crippen LogP contribution < -0.4 is 11.3 Å². The molecule has 0 spiro atoms. The first kappa shape index (κ1) is 10.4. The number of hydrogen-bond donors (Lipinski definition) is 2. The molecule has 1 aromatic heterocycles. The lowest BCUT2D eigenvalue weighted by Gasteiger charge is -2.06. The van der Waals surface area contributed by atoms with Crippen LogP contribution in [-0.2, 0) is 6.54 Å². The molecular weight excluding hydrogens is 204 g/mol. The highest BCUT2D eigenvalue weighted by atomic mass is 16.3. The molecule has 0 aliphatic carbocycles. The quantitative estimate of drug-likeness (QED) is 0.787. The first-order valence-electron chi connectivity index (χ1n) is 4.92. The fourth-order valence-electron chi connectivity index (χ4n) is 1.51. The van der Waals surface area contributed by atoms with E-state index >= 15 is 0 Å². The Labute approximate surface area is 92.6 Å². The molecule has 0 fully saturated rings. The molecule has 16 heavy (non-hydrogen) atoms. The molecule has 0 bridgehead atoms. The number of phenolic OH excluding ortho intramolecular Hbond substituents is 1. The lowest BCUT2D eigenvalue weighted by Crippen LogP contribution is -2.23. The van der Waals surface area contributed by atoms with Crippen molar-refractivity contribution in [1.82, 2.24) is 4.57 Å². The second-order valence-corrected chi connectivity index (χ2v) is 3.43. The number of aromatic nitrogens is 1. The van der Waals surface area contributed by atoms with Crippen molar-refractivity contribution in [3.63, 3.8) is 0 Å². The normalized spacial score (nSPS) is 10.3. The van der Waals surface area contributed by atoms with Crippen molar-refractivity contribution in [2.75, 3.05) is 0 Å². The van der Waals surface area contributed by atoms with Crippen LogP contribution in [0.25, 0.3) is 5.69 Å². The van der Waals surface area contributed by atoms with Crippen molar-refractivity contribution >= 4 is 0 Å². The maximum atomic E-state index is 11.9. The van der Waals surface area contributed by atoms with Crippen LogP contribution in [0.15, 0.2) is 47.4 Å². The summed E-state index contributed by atoms with van der Waals surface area (Å²) in [6, 6.07) is 9.91. The molecule has 82 valence electrons. The minimum absolute atomic E-state index is 0.129. The van der Waals surface area contributed by atoms with E-state index in [9.17, 15) is 4.79 Å². The Morgan fingerprint density at radius 1 is 1.19 bits per heavy atom. The third-order valence-corrected chi connectivity index (χ3v) is 2.37. The van der Waals surface area contributed by atoms with Gasteiger partial charge < -0.3 is 10.8 Å². The van der Waals surface area contributed by atoms with Gasteiger partial charge in [-0.2, -0.15) is 0 Å². The van der Waals surface area contributed by atoms with Gasteiger partial charge in [-0.15, -0.1) is 0 Å². The highest BCUT2D eigenvalue weighted by molar-refractivity contribution is 5.37.